The van der Waals surface area contributed by atoms with Gasteiger partial charge in [-0.1, -0.05) is 0 Å². The molecule has 2 heterocycles. The Morgan fingerprint density at radius 3 is 2.12 bits per heavy atom. The first kappa shape index (κ1) is 4.77. The quantitative estimate of drug-likeness (QED) is 0.450. The first-order chi connectivity index (χ1) is 3.95. The standard InChI is InChI=1S/C6H12N2/c1-2-6-4-7-3-5(1)8-6/h5-8H,1-4H2/t5-,6?/m1/s1. The number of piperazine rings is 1. The molecule has 0 amide bonds. The molecule has 46 valence electrons. The molecule has 2 bridgehead atoms. The van der Waals surface area contributed by atoms with E-state index in [2.05, 4.69) is 10.6 Å². The van der Waals surface area contributed by atoms with Gasteiger partial charge in [-0.3, -0.25) is 0 Å². The lowest BCUT2D eigenvalue weighted by Crippen LogP contribution is -2.48. The van der Waals surface area contributed by atoms with Gasteiger partial charge >= 0.3 is 0 Å². The van der Waals surface area contributed by atoms with Gasteiger partial charge in [0, 0.05) is 25.2 Å². The number of fused-ring (bicyclic) bond motifs is 2. The maximum absolute atomic E-state index is 3.53. The largest absolute Gasteiger partial charge is 0.314 e. The zero-order valence-corrected chi connectivity index (χ0v) is 4.98. The summed E-state index contributed by atoms with van der Waals surface area (Å²) in [6.45, 7) is 2.38. The summed E-state index contributed by atoms with van der Waals surface area (Å²) in [5, 5.41) is 6.91. The highest BCUT2D eigenvalue weighted by atomic mass is 15.1. The zero-order chi connectivity index (χ0) is 5.40. The summed E-state index contributed by atoms with van der Waals surface area (Å²) in [6.07, 6.45) is 2.77. The molecule has 2 fully saturated rings. The second-order valence-electron chi connectivity index (χ2n) is 2.80. The average molecular weight is 112 g/mol. The molecule has 2 N–H and O–H groups in total. The monoisotopic (exact) mass is 112 g/mol. The predicted octanol–water partition coefficient (Wildman–Crippen LogP) is -0.290. The van der Waals surface area contributed by atoms with Crippen LogP contribution >= 0.6 is 0 Å². The maximum atomic E-state index is 3.53. The minimum atomic E-state index is 0.800. The highest BCUT2D eigenvalue weighted by molar-refractivity contribution is 4.90. The fraction of sp³-hybridized carbons (Fsp3) is 1.00. The van der Waals surface area contributed by atoms with Crippen molar-refractivity contribution in [1.29, 1.82) is 0 Å². The molecule has 0 aromatic heterocycles. The van der Waals surface area contributed by atoms with E-state index in [1.54, 1.807) is 0 Å². The third-order valence-electron chi connectivity index (χ3n) is 2.12. The molecule has 0 radical (unpaired) electrons. The van der Waals surface area contributed by atoms with Gasteiger partial charge in [-0.2, -0.15) is 0 Å². The zero-order valence-electron chi connectivity index (χ0n) is 4.98. The molecule has 2 heteroatoms. The van der Waals surface area contributed by atoms with Crippen LogP contribution in [0.15, 0.2) is 0 Å². The smallest absolute Gasteiger partial charge is 0.0196 e. The lowest BCUT2D eigenvalue weighted by molar-refractivity contribution is 0.423. The van der Waals surface area contributed by atoms with Crippen molar-refractivity contribution in [3.63, 3.8) is 0 Å². The van der Waals surface area contributed by atoms with Crippen LogP contribution in [-0.2, 0) is 0 Å². The van der Waals surface area contributed by atoms with Crippen LogP contribution in [0.3, 0.4) is 0 Å². The Kier molecular flexibility index (Phi) is 1.02. The highest BCUT2D eigenvalue weighted by Crippen LogP contribution is 2.13. The van der Waals surface area contributed by atoms with Gasteiger partial charge in [-0.05, 0) is 12.8 Å². The molecule has 8 heavy (non-hydrogen) atoms. The van der Waals surface area contributed by atoms with Crippen LogP contribution in [0.4, 0.5) is 0 Å². The molecule has 0 aromatic carbocycles. The van der Waals surface area contributed by atoms with Crippen molar-refractivity contribution >= 4 is 0 Å². The minimum absolute atomic E-state index is 0.800. The van der Waals surface area contributed by atoms with Crippen molar-refractivity contribution in [3.05, 3.63) is 0 Å². The van der Waals surface area contributed by atoms with Crippen LogP contribution in [0.5, 0.6) is 0 Å². The molecule has 2 nitrogen and oxygen atoms in total. The summed E-state index contributed by atoms with van der Waals surface area (Å²) in [4.78, 5) is 0. The third-order valence-corrected chi connectivity index (χ3v) is 2.12. The summed E-state index contributed by atoms with van der Waals surface area (Å²) >= 11 is 0. The Morgan fingerprint density at radius 1 is 1.00 bits per heavy atom. The van der Waals surface area contributed by atoms with Crippen LogP contribution in [0.25, 0.3) is 0 Å². The van der Waals surface area contributed by atoms with Crippen molar-refractivity contribution in [2.75, 3.05) is 13.1 Å². The topological polar surface area (TPSA) is 24.1 Å². The van der Waals surface area contributed by atoms with Gasteiger partial charge in [0.1, 0.15) is 0 Å². The van der Waals surface area contributed by atoms with E-state index < -0.39 is 0 Å². The van der Waals surface area contributed by atoms with Gasteiger partial charge < -0.3 is 10.6 Å². The Hall–Kier alpha value is -0.0800. The van der Waals surface area contributed by atoms with Crippen LogP contribution in [0.2, 0.25) is 0 Å². The summed E-state index contributed by atoms with van der Waals surface area (Å²) in [5.74, 6) is 0. The molecule has 2 saturated heterocycles. The molecule has 0 aromatic rings. The van der Waals surface area contributed by atoms with Crippen LogP contribution in [-0.4, -0.2) is 25.2 Å². The Bertz CT molecular complexity index is 78.5. The average Bonchev–Trinajstić information content (AvgIpc) is 2.12. The van der Waals surface area contributed by atoms with E-state index in [1.807, 2.05) is 0 Å². The first-order valence-electron chi connectivity index (χ1n) is 3.42. The Balaban J connectivity index is 2.03. The van der Waals surface area contributed by atoms with Gasteiger partial charge in [0.05, 0.1) is 0 Å². The van der Waals surface area contributed by atoms with Crippen molar-refractivity contribution < 1.29 is 0 Å². The summed E-state index contributed by atoms with van der Waals surface area (Å²) in [7, 11) is 0. The second kappa shape index (κ2) is 1.71. The second-order valence-corrected chi connectivity index (χ2v) is 2.80. The Morgan fingerprint density at radius 2 is 1.62 bits per heavy atom. The normalized spacial score (nSPS) is 45.0. The van der Waals surface area contributed by atoms with Crippen molar-refractivity contribution in [2.45, 2.75) is 24.9 Å². The Labute approximate surface area is 49.7 Å². The van der Waals surface area contributed by atoms with E-state index in [9.17, 15) is 0 Å². The van der Waals surface area contributed by atoms with Crippen molar-refractivity contribution in [2.24, 2.45) is 0 Å². The molecule has 2 rings (SSSR count). The first-order valence-corrected chi connectivity index (χ1v) is 3.42. The molecule has 2 aliphatic rings. The summed E-state index contributed by atoms with van der Waals surface area (Å²) in [6, 6.07) is 1.60. The molecule has 0 spiro atoms. The van der Waals surface area contributed by atoms with E-state index in [1.165, 1.54) is 25.9 Å². The lowest BCUT2D eigenvalue weighted by atomic mass is 10.2. The van der Waals surface area contributed by atoms with Gasteiger partial charge in [-0.25, -0.2) is 0 Å². The molecule has 0 saturated carbocycles. The van der Waals surface area contributed by atoms with E-state index in [0.717, 1.165) is 12.1 Å². The molecule has 2 atom stereocenters. The van der Waals surface area contributed by atoms with E-state index in [0.29, 0.717) is 0 Å². The fourth-order valence-electron chi connectivity index (χ4n) is 1.66. The van der Waals surface area contributed by atoms with Crippen LogP contribution in [0.1, 0.15) is 12.8 Å². The molecule has 2 aliphatic heterocycles. The van der Waals surface area contributed by atoms with Crippen molar-refractivity contribution in [1.82, 2.24) is 10.6 Å². The third kappa shape index (κ3) is 0.644. The SMILES string of the molecule is C1C[C@@H]2CNCC1N2. The van der Waals surface area contributed by atoms with Crippen LogP contribution in [0, 0.1) is 0 Å². The van der Waals surface area contributed by atoms with Crippen LogP contribution < -0.4 is 10.6 Å². The van der Waals surface area contributed by atoms with Gasteiger partial charge in [-0.15, -0.1) is 0 Å². The van der Waals surface area contributed by atoms with E-state index in [-0.39, 0.29) is 0 Å². The molecular formula is C6H12N2. The van der Waals surface area contributed by atoms with Gasteiger partial charge in [0.2, 0.25) is 0 Å². The fourth-order valence-corrected chi connectivity index (χ4v) is 1.66. The highest BCUT2D eigenvalue weighted by Gasteiger charge is 2.26. The van der Waals surface area contributed by atoms with Gasteiger partial charge in [0.15, 0.2) is 0 Å². The van der Waals surface area contributed by atoms with E-state index in [4.69, 9.17) is 0 Å². The molecule has 1 unspecified atom stereocenters. The number of hydrogen-bond donors (Lipinski definition) is 2. The number of nitrogens with one attached hydrogen (secondary N) is 2. The summed E-state index contributed by atoms with van der Waals surface area (Å²) in [5.41, 5.74) is 0. The molecule has 0 aliphatic carbocycles. The van der Waals surface area contributed by atoms with Crippen molar-refractivity contribution in [3.8, 4) is 0 Å². The minimum Gasteiger partial charge on any atom is -0.314 e. The molecular weight excluding hydrogens is 100 g/mol. The van der Waals surface area contributed by atoms with Gasteiger partial charge in [0.25, 0.3) is 0 Å². The number of rotatable bonds is 0. The lowest BCUT2D eigenvalue weighted by Gasteiger charge is -2.21. The predicted molar refractivity (Wildman–Crippen MR) is 32.8 cm³/mol. The maximum Gasteiger partial charge on any atom is 0.0196 e. The summed E-state index contributed by atoms with van der Waals surface area (Å²) < 4.78 is 0. The van der Waals surface area contributed by atoms with E-state index >= 15 is 0 Å². The number of hydrogen-bond acceptors (Lipinski definition) is 2.